The van der Waals surface area contributed by atoms with Crippen molar-refractivity contribution in [3.63, 3.8) is 0 Å². The lowest BCUT2D eigenvalue weighted by atomic mass is 9.86. The number of thiocyanates is 1. The second-order valence-corrected chi connectivity index (χ2v) is 3.92. The minimum absolute atomic E-state index is 0.529. The molecule has 0 atom stereocenters. The van der Waals surface area contributed by atoms with Crippen LogP contribution >= 0.6 is 11.8 Å². The Morgan fingerprint density at radius 2 is 2.00 bits per heavy atom. The maximum absolute atomic E-state index is 9.83. The summed E-state index contributed by atoms with van der Waals surface area (Å²) in [5.74, 6) is 0.587. The van der Waals surface area contributed by atoms with Crippen LogP contribution in [0.1, 0.15) is 32.1 Å². The Kier molecular flexibility index (Phi) is 3.22. The summed E-state index contributed by atoms with van der Waals surface area (Å²) in [6, 6.07) is 0. The maximum Gasteiger partial charge on any atom is 0.133 e. The van der Waals surface area contributed by atoms with E-state index in [1.54, 1.807) is 0 Å². The van der Waals surface area contributed by atoms with Crippen LogP contribution in [0.4, 0.5) is 0 Å². The fourth-order valence-corrected chi connectivity index (χ4v) is 2.14. The summed E-state index contributed by atoms with van der Waals surface area (Å²) >= 11 is 1.17. The smallest absolute Gasteiger partial charge is 0.133 e. The van der Waals surface area contributed by atoms with E-state index in [2.05, 4.69) is 0 Å². The Morgan fingerprint density at radius 1 is 1.36 bits per heavy atom. The number of nitrogens with zero attached hydrogens (tertiary/aromatic N) is 1. The van der Waals surface area contributed by atoms with E-state index in [9.17, 15) is 5.11 Å². The molecule has 0 amide bonds. The van der Waals surface area contributed by atoms with Gasteiger partial charge < -0.3 is 5.11 Å². The van der Waals surface area contributed by atoms with Crippen LogP contribution in [0, 0.1) is 10.7 Å². The van der Waals surface area contributed by atoms with Crippen molar-refractivity contribution in [3.05, 3.63) is 0 Å². The average molecular weight is 171 g/mol. The Labute approximate surface area is 71.6 Å². The van der Waals surface area contributed by atoms with Crippen molar-refractivity contribution in [1.29, 1.82) is 5.26 Å². The lowest BCUT2D eigenvalue weighted by molar-refractivity contribution is 0.0274. The van der Waals surface area contributed by atoms with E-state index in [4.69, 9.17) is 5.26 Å². The van der Waals surface area contributed by atoms with Gasteiger partial charge in [0.1, 0.15) is 5.40 Å². The van der Waals surface area contributed by atoms with E-state index < -0.39 is 5.60 Å². The van der Waals surface area contributed by atoms with Gasteiger partial charge in [-0.15, -0.1) is 0 Å². The predicted octanol–water partition coefficient (Wildman–Crippen LogP) is 1.90. The lowest BCUT2D eigenvalue weighted by Crippen LogP contribution is -2.33. The predicted molar refractivity (Wildman–Crippen MR) is 46.1 cm³/mol. The molecule has 0 bridgehead atoms. The summed E-state index contributed by atoms with van der Waals surface area (Å²) in [5, 5.41) is 20.1. The highest BCUT2D eigenvalue weighted by Crippen LogP contribution is 2.30. The van der Waals surface area contributed by atoms with Gasteiger partial charge in [0.2, 0.25) is 0 Å². The van der Waals surface area contributed by atoms with Crippen LogP contribution in [0.5, 0.6) is 0 Å². The van der Waals surface area contributed by atoms with Gasteiger partial charge in [-0.3, -0.25) is 0 Å². The van der Waals surface area contributed by atoms with Crippen molar-refractivity contribution in [3.8, 4) is 5.40 Å². The average Bonchev–Trinajstić information content (AvgIpc) is 2.03. The lowest BCUT2D eigenvalue weighted by Gasteiger charge is -2.30. The molecule has 1 aliphatic carbocycles. The van der Waals surface area contributed by atoms with E-state index in [0.29, 0.717) is 5.75 Å². The van der Waals surface area contributed by atoms with E-state index >= 15 is 0 Å². The molecule has 1 N–H and O–H groups in total. The fraction of sp³-hybridized carbons (Fsp3) is 0.875. The second kappa shape index (κ2) is 3.99. The van der Waals surface area contributed by atoms with Gasteiger partial charge in [-0.05, 0) is 24.6 Å². The summed E-state index contributed by atoms with van der Waals surface area (Å²) in [7, 11) is 0. The molecule has 1 aliphatic rings. The van der Waals surface area contributed by atoms with Gasteiger partial charge in [0.25, 0.3) is 0 Å². The highest BCUT2D eigenvalue weighted by Gasteiger charge is 2.28. The molecule has 62 valence electrons. The molecule has 0 radical (unpaired) electrons. The maximum atomic E-state index is 9.83. The minimum Gasteiger partial charge on any atom is -0.389 e. The van der Waals surface area contributed by atoms with Crippen LogP contribution in [0.3, 0.4) is 0 Å². The number of aliphatic hydroxyl groups is 1. The Bertz CT molecular complexity index is 158. The van der Waals surface area contributed by atoms with Gasteiger partial charge in [-0.25, -0.2) is 0 Å². The van der Waals surface area contributed by atoms with Crippen LogP contribution in [0.25, 0.3) is 0 Å². The number of nitriles is 1. The Morgan fingerprint density at radius 3 is 2.55 bits per heavy atom. The zero-order valence-corrected chi connectivity index (χ0v) is 7.36. The van der Waals surface area contributed by atoms with E-state index in [1.807, 2.05) is 5.40 Å². The van der Waals surface area contributed by atoms with Crippen molar-refractivity contribution in [2.24, 2.45) is 0 Å². The first-order valence-corrected chi connectivity index (χ1v) is 4.99. The SMILES string of the molecule is N#CSCC1(O)CCCCC1. The minimum atomic E-state index is -0.529. The number of hydrogen-bond donors (Lipinski definition) is 1. The molecular formula is C8H13NOS. The highest BCUT2D eigenvalue weighted by atomic mass is 32.2. The third-order valence-corrected chi connectivity index (χ3v) is 3.00. The zero-order valence-electron chi connectivity index (χ0n) is 6.55. The third-order valence-electron chi connectivity index (χ3n) is 2.19. The summed E-state index contributed by atoms with van der Waals surface area (Å²) in [6.07, 6.45) is 5.22. The van der Waals surface area contributed by atoms with Gasteiger partial charge in [0.15, 0.2) is 0 Å². The summed E-state index contributed by atoms with van der Waals surface area (Å²) in [6.45, 7) is 0. The molecule has 0 heterocycles. The van der Waals surface area contributed by atoms with Gasteiger partial charge in [0, 0.05) is 5.75 Å². The molecule has 2 nitrogen and oxygen atoms in total. The van der Waals surface area contributed by atoms with E-state index in [1.165, 1.54) is 18.2 Å². The largest absolute Gasteiger partial charge is 0.389 e. The molecule has 3 heteroatoms. The molecule has 1 saturated carbocycles. The van der Waals surface area contributed by atoms with Crippen molar-refractivity contribution >= 4 is 11.8 Å². The van der Waals surface area contributed by atoms with Gasteiger partial charge >= 0.3 is 0 Å². The highest BCUT2D eigenvalue weighted by molar-refractivity contribution is 8.03. The molecule has 0 saturated heterocycles. The molecule has 11 heavy (non-hydrogen) atoms. The molecule has 0 aromatic rings. The molecule has 0 aromatic heterocycles. The van der Waals surface area contributed by atoms with Crippen LogP contribution in [0.2, 0.25) is 0 Å². The first-order valence-electron chi connectivity index (χ1n) is 4.00. The first-order chi connectivity index (χ1) is 5.27. The molecule has 0 unspecified atom stereocenters. The quantitative estimate of drug-likeness (QED) is 0.645. The second-order valence-electron chi connectivity index (χ2n) is 3.16. The van der Waals surface area contributed by atoms with Gasteiger partial charge in [-0.2, -0.15) is 5.26 Å². The van der Waals surface area contributed by atoms with Crippen molar-refractivity contribution in [2.75, 3.05) is 5.75 Å². The third kappa shape index (κ3) is 2.72. The summed E-state index contributed by atoms with van der Waals surface area (Å²) < 4.78 is 0. The van der Waals surface area contributed by atoms with Gasteiger partial charge in [0.05, 0.1) is 5.60 Å². The molecule has 0 aromatic carbocycles. The molecule has 1 fully saturated rings. The number of thioether (sulfide) groups is 1. The van der Waals surface area contributed by atoms with Crippen LogP contribution < -0.4 is 0 Å². The first kappa shape index (κ1) is 8.89. The number of rotatable bonds is 2. The van der Waals surface area contributed by atoms with Crippen LogP contribution in [0.15, 0.2) is 0 Å². The molecule has 0 spiro atoms. The van der Waals surface area contributed by atoms with Crippen molar-refractivity contribution < 1.29 is 5.11 Å². The number of hydrogen-bond acceptors (Lipinski definition) is 3. The molecular weight excluding hydrogens is 158 g/mol. The fourth-order valence-electron chi connectivity index (χ4n) is 1.52. The van der Waals surface area contributed by atoms with Crippen LogP contribution in [-0.2, 0) is 0 Å². The molecule has 1 rings (SSSR count). The topological polar surface area (TPSA) is 44.0 Å². The normalized spacial score (nSPS) is 22.5. The summed E-state index contributed by atoms with van der Waals surface area (Å²) in [4.78, 5) is 0. The Balaban J connectivity index is 2.32. The molecule has 0 aliphatic heterocycles. The van der Waals surface area contributed by atoms with Gasteiger partial charge in [-0.1, -0.05) is 19.3 Å². The monoisotopic (exact) mass is 171 g/mol. The zero-order chi connectivity index (χ0) is 8.16. The van der Waals surface area contributed by atoms with Crippen LogP contribution in [-0.4, -0.2) is 16.5 Å². The van der Waals surface area contributed by atoms with Crippen molar-refractivity contribution in [2.45, 2.75) is 37.7 Å². The Hall–Kier alpha value is -0.200. The van der Waals surface area contributed by atoms with E-state index in [0.717, 1.165) is 25.7 Å². The van der Waals surface area contributed by atoms with Crippen molar-refractivity contribution in [1.82, 2.24) is 0 Å². The standard InChI is InChI=1S/C8H13NOS/c9-7-11-6-8(10)4-2-1-3-5-8/h10H,1-6H2. The van der Waals surface area contributed by atoms with E-state index in [-0.39, 0.29) is 0 Å². The summed E-state index contributed by atoms with van der Waals surface area (Å²) in [5.41, 5.74) is -0.529.